The molecule has 41 atom stereocenters. The normalized spacial score (nSPS) is 48.3. The molecule has 46 nitrogen and oxygen atoms in total. The molecule has 0 radical (unpaired) electrons. The number of carboxylic acid groups (broad SMARTS) is 1. The third-order valence-electron chi connectivity index (χ3n) is 18.8. The first-order valence-corrected chi connectivity index (χ1v) is 32.6. The number of rotatable bonds is 27. The summed E-state index contributed by atoms with van der Waals surface area (Å²) < 4.78 is 87.6. The number of carbonyl (C=O) groups is 4. The van der Waals surface area contributed by atoms with Gasteiger partial charge in [0.25, 0.3) is 5.79 Å². The van der Waals surface area contributed by atoms with Crippen LogP contribution < -0.4 is 16.0 Å². The maximum atomic E-state index is 13.4. The molecular formula is C57H95N3O43. The molecule has 596 valence electrons. The van der Waals surface area contributed by atoms with E-state index >= 15 is 0 Å². The third-order valence-corrected chi connectivity index (χ3v) is 18.8. The quantitative estimate of drug-likeness (QED) is 0.0363. The summed E-state index contributed by atoms with van der Waals surface area (Å²) in [5, 5.41) is 269. The van der Waals surface area contributed by atoms with Gasteiger partial charge in [-0.05, 0) is 6.92 Å². The van der Waals surface area contributed by atoms with Gasteiger partial charge in [0.1, 0.15) is 183 Å². The summed E-state index contributed by atoms with van der Waals surface area (Å²) in [6, 6.07) is -5.61. The monoisotopic (exact) mass is 1510 g/mol. The van der Waals surface area contributed by atoms with Crippen molar-refractivity contribution in [2.45, 2.75) is 285 Å². The second-order valence-electron chi connectivity index (χ2n) is 26.0. The van der Waals surface area contributed by atoms with Crippen molar-refractivity contribution in [3.63, 3.8) is 0 Å². The van der Waals surface area contributed by atoms with Crippen molar-refractivity contribution in [3.05, 3.63) is 0 Å². The molecule has 8 aliphatic rings. The number of aliphatic hydroxyl groups excluding tert-OH is 23. The van der Waals surface area contributed by atoms with Crippen LogP contribution in [0.4, 0.5) is 0 Å². The van der Waals surface area contributed by atoms with Gasteiger partial charge in [-0.2, -0.15) is 0 Å². The zero-order chi connectivity index (χ0) is 76.3. The van der Waals surface area contributed by atoms with Crippen LogP contribution in [-0.2, 0) is 90.2 Å². The van der Waals surface area contributed by atoms with Gasteiger partial charge in [-0.1, -0.05) is 0 Å². The summed E-state index contributed by atoms with van der Waals surface area (Å²) in [6.45, 7) is -3.89. The average molecular weight is 1510 g/mol. The zero-order valence-corrected chi connectivity index (χ0v) is 55.2. The molecule has 46 heteroatoms. The molecule has 0 aliphatic carbocycles. The smallest absolute Gasteiger partial charge is 0.364 e. The van der Waals surface area contributed by atoms with E-state index in [0.717, 1.165) is 20.8 Å². The molecule has 3 amide bonds. The van der Waals surface area contributed by atoms with Gasteiger partial charge >= 0.3 is 5.97 Å². The predicted octanol–water partition coefficient (Wildman–Crippen LogP) is -17.8. The van der Waals surface area contributed by atoms with E-state index < -0.39 is 327 Å². The Kier molecular flexibility index (Phi) is 29.9. The lowest BCUT2D eigenvalue weighted by atomic mass is 9.88. The summed E-state index contributed by atoms with van der Waals surface area (Å²) in [6.07, 6.45) is -77.8. The van der Waals surface area contributed by atoms with Crippen molar-refractivity contribution in [3.8, 4) is 0 Å². The van der Waals surface area contributed by atoms with Gasteiger partial charge in [0.05, 0.1) is 64.5 Å². The number of nitrogens with one attached hydrogen (secondary N) is 3. The largest absolute Gasteiger partial charge is 0.477 e. The van der Waals surface area contributed by atoms with Crippen molar-refractivity contribution in [1.82, 2.24) is 16.0 Å². The van der Waals surface area contributed by atoms with Gasteiger partial charge in [0.15, 0.2) is 44.0 Å². The number of hydrogen-bond donors (Lipinski definition) is 27. The van der Waals surface area contributed by atoms with Gasteiger partial charge < -0.3 is 210 Å². The van der Waals surface area contributed by atoms with Crippen LogP contribution in [0, 0.1) is 0 Å². The lowest BCUT2D eigenvalue weighted by Gasteiger charge is -2.52. The molecule has 8 saturated heterocycles. The summed E-state index contributed by atoms with van der Waals surface area (Å²) in [5.41, 5.74) is 0. The highest BCUT2D eigenvalue weighted by molar-refractivity contribution is 5.77. The highest BCUT2D eigenvalue weighted by atomic mass is 16.8. The Balaban J connectivity index is 1.06. The number of aliphatic carboxylic acids is 1. The van der Waals surface area contributed by atoms with Gasteiger partial charge in [-0.25, -0.2) is 4.79 Å². The number of aliphatic hydroxyl groups is 23. The number of carboxylic acids is 1. The minimum atomic E-state index is -3.09. The predicted molar refractivity (Wildman–Crippen MR) is 315 cm³/mol. The summed E-state index contributed by atoms with van der Waals surface area (Å²) in [5.74, 6) is -7.90. The van der Waals surface area contributed by atoms with Crippen molar-refractivity contribution in [2.75, 3.05) is 46.2 Å². The molecule has 1 unspecified atom stereocenters. The second kappa shape index (κ2) is 36.3. The van der Waals surface area contributed by atoms with Crippen molar-refractivity contribution in [1.29, 1.82) is 0 Å². The first kappa shape index (κ1) is 85.0. The fourth-order valence-electron chi connectivity index (χ4n) is 13.2. The molecule has 27 N–H and O–H groups in total. The van der Waals surface area contributed by atoms with Crippen LogP contribution in [0.25, 0.3) is 0 Å². The van der Waals surface area contributed by atoms with E-state index in [-0.39, 0.29) is 0 Å². The molecule has 8 heterocycles. The Morgan fingerprint density at radius 2 is 0.806 bits per heavy atom. The van der Waals surface area contributed by atoms with Gasteiger partial charge in [0, 0.05) is 27.2 Å². The lowest BCUT2D eigenvalue weighted by Crippen LogP contribution is -2.71. The minimum Gasteiger partial charge on any atom is -0.477 e. The molecule has 8 rings (SSSR count). The summed E-state index contributed by atoms with van der Waals surface area (Å²) in [7, 11) is 0. The lowest BCUT2D eigenvalue weighted by molar-refractivity contribution is -0.394. The Labute approximate surface area is 582 Å². The van der Waals surface area contributed by atoms with Gasteiger partial charge in [0.2, 0.25) is 17.7 Å². The highest BCUT2D eigenvalue weighted by Crippen LogP contribution is 2.41. The standard InChI is InChI=1S/C57H95N3O43/c1-13-28(72)34(78)38(82)52(90-13)100-46-27(60-16(4)69)51(95-23(11-66)44(46)99-53-39(83)35(79)30(74)24(96-53)12-89-57(56(87)88)5-17(70)25(58-14(2)67)45(103-57)29(73)18(71)6-61)102-48-32(76)20(8-63)92-54(41(48)85)97-42-22(10-65)94-50(26(33(42)77)59-15(3)68)101-47-31(75)19(7-62)93-55(40(47)84)98-43-21(9-64)91-49(86)37(81)36(43)80/h13,17-55,61-66,70-86H,5-12H2,1-4H3,(H,58,67)(H,59,68)(H,60,69)(H,87,88)/t13-,17-,18+,19+,20+,21+,22+,23+,24+,25+,26+,27+,28+,29+,30-,31-,32-,33+,34+,35-,36+,37+,38-,39+,40+,41+,42+,43+,44+,45+,46+,47-,48-,49?,50-,51-,52-,53-,54-,55-,57+/m0/s1. The molecule has 0 bridgehead atoms. The second-order valence-corrected chi connectivity index (χ2v) is 26.0. The summed E-state index contributed by atoms with van der Waals surface area (Å²) >= 11 is 0. The molecule has 0 aromatic carbocycles. The van der Waals surface area contributed by atoms with Crippen LogP contribution in [0.15, 0.2) is 0 Å². The van der Waals surface area contributed by atoms with Crippen LogP contribution >= 0.6 is 0 Å². The third kappa shape index (κ3) is 18.5. The number of hydrogen-bond acceptors (Lipinski definition) is 42. The average Bonchev–Trinajstić information content (AvgIpc) is 0.768. The van der Waals surface area contributed by atoms with Crippen LogP contribution in [0.3, 0.4) is 0 Å². The van der Waals surface area contributed by atoms with Crippen LogP contribution in [0.1, 0.15) is 34.1 Å². The Bertz CT molecular complexity index is 2730. The minimum absolute atomic E-state index is 0.833. The Hall–Kier alpha value is -3.64. The zero-order valence-electron chi connectivity index (χ0n) is 55.2. The van der Waals surface area contributed by atoms with E-state index in [9.17, 15) is 142 Å². The Morgan fingerprint density at radius 1 is 0.408 bits per heavy atom. The SMILES string of the molecule is CC(=O)N[C@H]1[C@H](O[C@H]2[C@@H](O)[C@@H](CO)O[C@@H](O[C@H]3[C@H](O)[C@@H](O)C(O)O[C@@H]3CO)[C@@H]2O)O[C@H](CO)[C@@H](O[C@@H]2O[C@H](CO)[C@H](O)[C@H](O[C@@H]3O[C@H](CO)[C@@H](O[C@@H]4O[C@H](CO[C@]5(C(=O)O)C[C@H](O)[C@@H](NC(C)=O)[C@H]([C@H](O)[C@H](O)CO)O5)[C@H](O)[C@H](O)[C@H]4O)[C@H](O[C@@H]4O[C@@H](C)[C@@H](O)[C@@H](O)[C@@H]4O)[C@H]3NC(C)=O)[C@H]2O)[C@@H]1O. The molecule has 0 aromatic heterocycles. The molecule has 0 saturated carbocycles. The van der Waals surface area contributed by atoms with E-state index in [0.29, 0.717) is 0 Å². The number of ether oxygens (including phenoxy) is 15. The molecular weight excluding hydrogens is 1410 g/mol. The van der Waals surface area contributed by atoms with E-state index in [1.54, 1.807) is 0 Å². The first-order chi connectivity index (χ1) is 48.5. The topological polar surface area (TPSA) is 728 Å². The first-order valence-electron chi connectivity index (χ1n) is 32.6. The van der Waals surface area contributed by atoms with Crippen molar-refractivity contribution in [2.24, 2.45) is 0 Å². The van der Waals surface area contributed by atoms with E-state index in [4.69, 9.17) is 71.1 Å². The van der Waals surface area contributed by atoms with Crippen LogP contribution in [0.2, 0.25) is 0 Å². The molecule has 0 spiro atoms. The Morgan fingerprint density at radius 3 is 1.30 bits per heavy atom. The molecule has 103 heavy (non-hydrogen) atoms. The fraction of sp³-hybridized carbons (Fsp3) is 0.930. The fourth-order valence-corrected chi connectivity index (χ4v) is 13.2. The molecule has 8 aliphatic heterocycles. The number of amides is 3. The molecule has 0 aromatic rings. The highest BCUT2D eigenvalue weighted by Gasteiger charge is 2.62. The summed E-state index contributed by atoms with van der Waals surface area (Å²) in [4.78, 5) is 51.4. The maximum Gasteiger partial charge on any atom is 0.364 e. The van der Waals surface area contributed by atoms with Gasteiger partial charge in [-0.3, -0.25) is 14.4 Å². The maximum absolute atomic E-state index is 13.4. The van der Waals surface area contributed by atoms with E-state index in [1.807, 2.05) is 0 Å². The van der Waals surface area contributed by atoms with Crippen molar-refractivity contribution >= 4 is 23.7 Å². The number of carbonyl (C=O) groups excluding carboxylic acids is 3. The van der Waals surface area contributed by atoms with E-state index in [1.165, 1.54) is 6.92 Å². The van der Waals surface area contributed by atoms with Crippen LogP contribution in [0.5, 0.6) is 0 Å². The van der Waals surface area contributed by atoms with Crippen molar-refractivity contribution < 1.29 is 213 Å². The van der Waals surface area contributed by atoms with Gasteiger partial charge in [-0.15, -0.1) is 0 Å². The molecule has 8 fully saturated rings. The van der Waals surface area contributed by atoms with E-state index in [2.05, 4.69) is 16.0 Å². The van der Waals surface area contributed by atoms with Crippen LogP contribution in [-0.4, -0.2) is 444 Å².